The molecule has 1 aromatic rings. The summed E-state index contributed by atoms with van der Waals surface area (Å²) in [7, 11) is 0. The molecule has 0 N–H and O–H groups in total. The molecule has 0 aromatic carbocycles. The highest BCUT2D eigenvalue weighted by molar-refractivity contribution is 5.14. The zero-order valence-corrected chi connectivity index (χ0v) is 9.25. The Morgan fingerprint density at radius 2 is 1.54 bits per heavy atom. The highest BCUT2D eigenvalue weighted by Gasteiger charge is 2.04. The van der Waals surface area contributed by atoms with Gasteiger partial charge in [0, 0.05) is 12.4 Å². The normalized spacial score (nSPS) is 9.31. The lowest BCUT2D eigenvalue weighted by molar-refractivity contribution is 0.641. The average Bonchev–Trinajstić information content (AvgIpc) is 2.24. The Balaban J connectivity index is 0.000000671. The molecule has 1 rings (SSSR count). The maximum absolute atomic E-state index is 4.00. The van der Waals surface area contributed by atoms with Crippen LogP contribution in [-0.2, 0) is 0 Å². The lowest BCUT2D eigenvalue weighted by atomic mass is 9.95. The number of hydrogen-bond donors (Lipinski definition) is 0. The van der Waals surface area contributed by atoms with Crippen molar-refractivity contribution in [2.75, 3.05) is 0 Å². The Morgan fingerprint density at radius 3 is 1.92 bits per heavy atom. The van der Waals surface area contributed by atoms with Crippen molar-refractivity contribution in [3.8, 4) is 0 Å². The molecule has 1 aromatic heterocycles. The maximum Gasteiger partial charge on any atom is 0.0270 e. The number of nitrogens with zero attached hydrogens (tertiary/aromatic N) is 1. The summed E-state index contributed by atoms with van der Waals surface area (Å²) in [5.41, 5.74) is 1.42. The van der Waals surface area contributed by atoms with Crippen LogP contribution in [0.1, 0.15) is 52.0 Å². The molecular formula is C12H21N. The van der Waals surface area contributed by atoms with Gasteiger partial charge in [0.15, 0.2) is 0 Å². The smallest absolute Gasteiger partial charge is 0.0270 e. The SMILES string of the molecule is CC.CCC(CC)c1ccncc1. The van der Waals surface area contributed by atoms with Crippen LogP contribution < -0.4 is 0 Å². The largest absolute Gasteiger partial charge is 0.265 e. The number of pyridine rings is 1. The predicted molar refractivity (Wildman–Crippen MR) is 58.9 cm³/mol. The van der Waals surface area contributed by atoms with E-state index >= 15 is 0 Å². The van der Waals surface area contributed by atoms with Gasteiger partial charge in [0.25, 0.3) is 0 Å². The van der Waals surface area contributed by atoms with E-state index in [9.17, 15) is 0 Å². The standard InChI is InChI=1S/C10H15N.C2H6/c1-3-9(4-2)10-5-7-11-8-6-10;1-2/h5-9H,3-4H2,1-2H3;1-2H3. The summed E-state index contributed by atoms with van der Waals surface area (Å²) >= 11 is 0. The van der Waals surface area contributed by atoms with Gasteiger partial charge in [0.1, 0.15) is 0 Å². The molecule has 0 saturated heterocycles. The van der Waals surface area contributed by atoms with Gasteiger partial charge in [-0.3, -0.25) is 4.98 Å². The molecule has 0 aliphatic carbocycles. The summed E-state index contributed by atoms with van der Waals surface area (Å²) in [6.45, 7) is 8.46. The Morgan fingerprint density at radius 1 is 1.08 bits per heavy atom. The number of hydrogen-bond acceptors (Lipinski definition) is 1. The van der Waals surface area contributed by atoms with Gasteiger partial charge in [-0.1, -0.05) is 27.7 Å². The highest BCUT2D eigenvalue weighted by atomic mass is 14.6. The Kier molecular flexibility index (Phi) is 7.27. The molecule has 1 heterocycles. The fraction of sp³-hybridized carbons (Fsp3) is 0.583. The van der Waals surface area contributed by atoms with Crippen LogP contribution in [0.15, 0.2) is 24.5 Å². The van der Waals surface area contributed by atoms with Crippen molar-refractivity contribution in [1.82, 2.24) is 4.98 Å². The molecule has 13 heavy (non-hydrogen) atoms. The second-order valence-corrected chi connectivity index (χ2v) is 2.79. The predicted octanol–water partition coefficient (Wildman–Crippen LogP) is 4.01. The molecule has 0 radical (unpaired) electrons. The van der Waals surface area contributed by atoms with E-state index in [2.05, 4.69) is 31.0 Å². The third kappa shape index (κ3) is 4.07. The minimum Gasteiger partial charge on any atom is -0.265 e. The summed E-state index contributed by atoms with van der Waals surface area (Å²) in [5, 5.41) is 0. The molecule has 1 heteroatoms. The molecule has 0 fully saturated rings. The van der Waals surface area contributed by atoms with Gasteiger partial charge < -0.3 is 0 Å². The van der Waals surface area contributed by atoms with Crippen LogP contribution in [0.3, 0.4) is 0 Å². The molecule has 0 amide bonds. The molecule has 0 spiro atoms. The summed E-state index contributed by atoms with van der Waals surface area (Å²) in [6.07, 6.45) is 6.18. The van der Waals surface area contributed by atoms with E-state index in [-0.39, 0.29) is 0 Å². The Labute approximate surface area is 82.2 Å². The average molecular weight is 179 g/mol. The number of rotatable bonds is 3. The van der Waals surface area contributed by atoms with Gasteiger partial charge in [0.05, 0.1) is 0 Å². The summed E-state index contributed by atoms with van der Waals surface area (Å²) < 4.78 is 0. The van der Waals surface area contributed by atoms with E-state index < -0.39 is 0 Å². The first-order chi connectivity index (χ1) is 6.38. The molecule has 0 saturated carbocycles. The topological polar surface area (TPSA) is 12.9 Å². The van der Waals surface area contributed by atoms with Crippen LogP contribution >= 0.6 is 0 Å². The van der Waals surface area contributed by atoms with Crippen molar-refractivity contribution in [2.45, 2.75) is 46.5 Å². The van der Waals surface area contributed by atoms with Crippen molar-refractivity contribution >= 4 is 0 Å². The van der Waals surface area contributed by atoms with E-state index in [0.29, 0.717) is 0 Å². The van der Waals surface area contributed by atoms with Gasteiger partial charge >= 0.3 is 0 Å². The van der Waals surface area contributed by atoms with Gasteiger partial charge in [-0.05, 0) is 36.5 Å². The third-order valence-corrected chi connectivity index (χ3v) is 2.16. The molecule has 0 unspecified atom stereocenters. The van der Waals surface area contributed by atoms with Gasteiger partial charge in [0.2, 0.25) is 0 Å². The van der Waals surface area contributed by atoms with E-state index in [1.165, 1.54) is 18.4 Å². The Hall–Kier alpha value is -0.850. The molecule has 0 aliphatic heterocycles. The van der Waals surface area contributed by atoms with Crippen LogP contribution in [0.4, 0.5) is 0 Å². The first-order valence-electron chi connectivity index (χ1n) is 5.28. The second-order valence-electron chi connectivity index (χ2n) is 2.79. The van der Waals surface area contributed by atoms with E-state index in [1.807, 2.05) is 26.2 Å². The van der Waals surface area contributed by atoms with Crippen molar-refractivity contribution in [3.63, 3.8) is 0 Å². The first kappa shape index (κ1) is 12.2. The van der Waals surface area contributed by atoms with Gasteiger partial charge in [-0.2, -0.15) is 0 Å². The third-order valence-electron chi connectivity index (χ3n) is 2.16. The van der Waals surface area contributed by atoms with Crippen LogP contribution in [0, 0.1) is 0 Å². The molecule has 0 atom stereocenters. The Bertz CT molecular complexity index is 190. The quantitative estimate of drug-likeness (QED) is 0.683. The molecular weight excluding hydrogens is 158 g/mol. The molecule has 74 valence electrons. The van der Waals surface area contributed by atoms with Crippen LogP contribution in [0.5, 0.6) is 0 Å². The fourth-order valence-electron chi connectivity index (χ4n) is 1.40. The van der Waals surface area contributed by atoms with Crippen LogP contribution in [0.2, 0.25) is 0 Å². The maximum atomic E-state index is 4.00. The summed E-state index contributed by atoms with van der Waals surface area (Å²) in [4.78, 5) is 4.00. The van der Waals surface area contributed by atoms with Crippen LogP contribution in [-0.4, -0.2) is 4.98 Å². The van der Waals surface area contributed by atoms with E-state index in [0.717, 1.165) is 5.92 Å². The monoisotopic (exact) mass is 179 g/mol. The minimum atomic E-state index is 0.720. The molecule has 1 nitrogen and oxygen atoms in total. The van der Waals surface area contributed by atoms with E-state index in [1.54, 1.807) is 0 Å². The zero-order valence-electron chi connectivity index (χ0n) is 9.25. The van der Waals surface area contributed by atoms with E-state index in [4.69, 9.17) is 0 Å². The second kappa shape index (κ2) is 7.78. The first-order valence-corrected chi connectivity index (χ1v) is 5.28. The fourth-order valence-corrected chi connectivity index (χ4v) is 1.40. The summed E-state index contributed by atoms with van der Waals surface area (Å²) in [5.74, 6) is 0.720. The zero-order chi connectivity index (χ0) is 10.1. The molecule has 0 aliphatic rings. The number of aromatic nitrogens is 1. The van der Waals surface area contributed by atoms with Gasteiger partial charge in [-0.25, -0.2) is 0 Å². The van der Waals surface area contributed by atoms with Crippen molar-refractivity contribution in [2.24, 2.45) is 0 Å². The van der Waals surface area contributed by atoms with Crippen molar-refractivity contribution < 1.29 is 0 Å². The van der Waals surface area contributed by atoms with Crippen molar-refractivity contribution in [3.05, 3.63) is 30.1 Å². The molecule has 0 bridgehead atoms. The minimum absolute atomic E-state index is 0.720. The highest BCUT2D eigenvalue weighted by Crippen LogP contribution is 2.21. The van der Waals surface area contributed by atoms with Crippen LogP contribution in [0.25, 0.3) is 0 Å². The lowest BCUT2D eigenvalue weighted by Crippen LogP contribution is -1.94. The lowest BCUT2D eigenvalue weighted by Gasteiger charge is -2.11. The summed E-state index contributed by atoms with van der Waals surface area (Å²) in [6, 6.07) is 4.22. The van der Waals surface area contributed by atoms with Gasteiger partial charge in [-0.15, -0.1) is 0 Å². The van der Waals surface area contributed by atoms with Crippen molar-refractivity contribution in [1.29, 1.82) is 0 Å².